The Bertz CT molecular complexity index is 374. The van der Waals surface area contributed by atoms with Crippen LogP contribution in [0.15, 0.2) is 29.4 Å². The third kappa shape index (κ3) is 2.22. The minimum Gasteiger partial charge on any atom is -0.508 e. The van der Waals surface area contributed by atoms with Crippen LogP contribution in [0.25, 0.3) is 0 Å². The first-order chi connectivity index (χ1) is 6.65. The highest BCUT2D eigenvalue weighted by molar-refractivity contribution is 6.44. The van der Waals surface area contributed by atoms with Gasteiger partial charge >= 0.3 is 0 Å². The smallest absolute Gasteiger partial charge is 0.271 e. The molecule has 1 amide bonds. The molecule has 1 rings (SSSR count). The minimum absolute atomic E-state index is 0.0246. The first-order valence-electron chi connectivity index (χ1n) is 3.85. The fourth-order valence-electron chi connectivity index (χ4n) is 0.984. The number of phenols is 1. The lowest BCUT2D eigenvalue weighted by atomic mass is 10.1. The molecule has 74 valence electrons. The number of aromatic hydroxyl groups is 1. The Morgan fingerprint density at radius 2 is 2.29 bits per heavy atom. The number of hydrogen-bond donors (Lipinski definition) is 2. The first-order valence-corrected chi connectivity index (χ1v) is 3.85. The lowest BCUT2D eigenvalue weighted by molar-refractivity contribution is -0.112. The van der Waals surface area contributed by atoms with Gasteiger partial charge in [0.15, 0.2) is 5.71 Å². The number of nitrogens with zero attached hydrogens (tertiary/aromatic N) is 1. The third-order valence-corrected chi connectivity index (χ3v) is 1.54. The number of carbonyl (C=O) groups excluding carboxylic acids is 1. The molecule has 0 aliphatic rings. The van der Waals surface area contributed by atoms with Crippen LogP contribution in [-0.4, -0.2) is 23.8 Å². The van der Waals surface area contributed by atoms with Crippen molar-refractivity contribution in [1.29, 1.82) is 0 Å². The minimum atomic E-state index is -0.711. The second-order valence-electron chi connectivity index (χ2n) is 2.54. The number of hydrogen-bond acceptors (Lipinski definition) is 4. The van der Waals surface area contributed by atoms with Crippen LogP contribution in [0.1, 0.15) is 5.56 Å². The first kappa shape index (κ1) is 10.0. The molecule has 5 heteroatoms. The van der Waals surface area contributed by atoms with Crippen LogP contribution in [0.5, 0.6) is 5.75 Å². The standard InChI is InChI=1S/C9H10N2O3/c1-14-11-8(9(10)13)6-3-2-4-7(12)5-6/h2-5,12H,1H3,(H2,10,13)/b11-8+. The lowest BCUT2D eigenvalue weighted by Gasteiger charge is -2.01. The van der Waals surface area contributed by atoms with E-state index in [0.29, 0.717) is 5.56 Å². The van der Waals surface area contributed by atoms with E-state index >= 15 is 0 Å². The van der Waals surface area contributed by atoms with E-state index in [2.05, 4.69) is 9.99 Å². The Morgan fingerprint density at radius 1 is 1.57 bits per heavy atom. The van der Waals surface area contributed by atoms with E-state index in [0.717, 1.165) is 0 Å². The van der Waals surface area contributed by atoms with Gasteiger partial charge in [-0.15, -0.1) is 0 Å². The fraction of sp³-hybridized carbons (Fsp3) is 0.111. The van der Waals surface area contributed by atoms with E-state index in [1.807, 2.05) is 0 Å². The van der Waals surface area contributed by atoms with Gasteiger partial charge in [-0.2, -0.15) is 0 Å². The van der Waals surface area contributed by atoms with E-state index < -0.39 is 5.91 Å². The van der Waals surface area contributed by atoms with E-state index in [1.165, 1.54) is 19.2 Å². The summed E-state index contributed by atoms with van der Waals surface area (Å²) in [6, 6.07) is 6.04. The second kappa shape index (κ2) is 4.27. The predicted molar refractivity (Wildman–Crippen MR) is 50.8 cm³/mol. The van der Waals surface area contributed by atoms with E-state index in [9.17, 15) is 4.79 Å². The summed E-state index contributed by atoms with van der Waals surface area (Å²) < 4.78 is 0. The number of rotatable bonds is 3. The fourth-order valence-corrected chi connectivity index (χ4v) is 0.984. The molecule has 0 aromatic heterocycles. The molecule has 0 saturated carbocycles. The molecule has 1 aromatic carbocycles. The summed E-state index contributed by atoms with van der Waals surface area (Å²) in [5.41, 5.74) is 5.46. The largest absolute Gasteiger partial charge is 0.508 e. The molecular formula is C9H10N2O3. The van der Waals surface area contributed by atoms with Crippen molar-refractivity contribution in [2.75, 3.05) is 7.11 Å². The Hall–Kier alpha value is -2.04. The molecule has 0 spiro atoms. The van der Waals surface area contributed by atoms with Gasteiger partial charge in [0.1, 0.15) is 12.9 Å². The molecule has 14 heavy (non-hydrogen) atoms. The van der Waals surface area contributed by atoms with Gasteiger partial charge < -0.3 is 15.7 Å². The summed E-state index contributed by atoms with van der Waals surface area (Å²) in [6.45, 7) is 0. The van der Waals surface area contributed by atoms with Gasteiger partial charge in [0.2, 0.25) is 0 Å². The molecule has 0 atom stereocenters. The predicted octanol–water partition coefficient (Wildman–Crippen LogP) is 0.228. The number of benzene rings is 1. The van der Waals surface area contributed by atoms with E-state index in [1.54, 1.807) is 12.1 Å². The normalized spacial score (nSPS) is 11.1. The van der Waals surface area contributed by atoms with Gasteiger partial charge in [0.05, 0.1) is 0 Å². The topological polar surface area (TPSA) is 84.9 Å². The van der Waals surface area contributed by atoms with Crippen LogP contribution in [-0.2, 0) is 9.63 Å². The maximum atomic E-state index is 10.9. The molecule has 0 heterocycles. The molecule has 5 nitrogen and oxygen atoms in total. The SMILES string of the molecule is CO/N=C(/C(N)=O)c1cccc(O)c1. The summed E-state index contributed by atoms with van der Waals surface area (Å²) in [5.74, 6) is -0.676. The second-order valence-corrected chi connectivity index (χ2v) is 2.54. The van der Waals surface area contributed by atoms with Gasteiger partial charge in [0, 0.05) is 5.56 Å². The average Bonchev–Trinajstić information content (AvgIpc) is 2.13. The third-order valence-electron chi connectivity index (χ3n) is 1.54. The van der Waals surface area contributed by atoms with Crippen LogP contribution >= 0.6 is 0 Å². The molecular weight excluding hydrogens is 184 g/mol. The van der Waals surface area contributed by atoms with Crippen LogP contribution in [0, 0.1) is 0 Å². The summed E-state index contributed by atoms with van der Waals surface area (Å²) in [5, 5.41) is 12.6. The van der Waals surface area contributed by atoms with Gasteiger partial charge in [0.25, 0.3) is 5.91 Å². The highest BCUT2D eigenvalue weighted by Gasteiger charge is 2.11. The number of amides is 1. The van der Waals surface area contributed by atoms with Crippen LogP contribution in [0.3, 0.4) is 0 Å². The number of primary amides is 1. The van der Waals surface area contributed by atoms with Crippen LogP contribution in [0.2, 0.25) is 0 Å². The quantitative estimate of drug-likeness (QED) is 0.533. The van der Waals surface area contributed by atoms with Crippen LogP contribution < -0.4 is 5.73 Å². The maximum Gasteiger partial charge on any atom is 0.271 e. The van der Waals surface area contributed by atoms with Crippen molar-refractivity contribution in [2.24, 2.45) is 10.9 Å². The molecule has 0 saturated heterocycles. The molecule has 0 radical (unpaired) electrons. The van der Waals surface area contributed by atoms with Crippen molar-refractivity contribution >= 4 is 11.6 Å². The summed E-state index contributed by atoms with van der Waals surface area (Å²) in [4.78, 5) is 15.4. The highest BCUT2D eigenvalue weighted by atomic mass is 16.6. The molecule has 0 aliphatic carbocycles. The Balaban J connectivity index is 3.12. The van der Waals surface area contributed by atoms with Crippen molar-refractivity contribution in [3.8, 4) is 5.75 Å². The number of nitrogens with two attached hydrogens (primary N) is 1. The lowest BCUT2D eigenvalue weighted by Crippen LogP contribution is -2.24. The number of carbonyl (C=O) groups is 1. The van der Waals surface area contributed by atoms with Gasteiger partial charge in [-0.1, -0.05) is 17.3 Å². The van der Waals surface area contributed by atoms with Gasteiger partial charge in [-0.25, -0.2) is 0 Å². The molecule has 0 fully saturated rings. The highest BCUT2D eigenvalue weighted by Crippen LogP contribution is 2.11. The van der Waals surface area contributed by atoms with Crippen molar-refractivity contribution in [2.45, 2.75) is 0 Å². The van der Waals surface area contributed by atoms with Crippen molar-refractivity contribution in [1.82, 2.24) is 0 Å². The summed E-state index contributed by atoms with van der Waals surface area (Å²) >= 11 is 0. The van der Waals surface area contributed by atoms with Crippen molar-refractivity contribution < 1.29 is 14.7 Å². The Labute approximate surface area is 80.8 Å². The van der Waals surface area contributed by atoms with Gasteiger partial charge in [-0.3, -0.25) is 4.79 Å². The number of phenolic OH excluding ortho intramolecular Hbond substituents is 1. The average molecular weight is 194 g/mol. The summed E-state index contributed by atoms with van der Waals surface area (Å²) in [7, 11) is 1.31. The van der Waals surface area contributed by atoms with Crippen molar-refractivity contribution in [3.05, 3.63) is 29.8 Å². The monoisotopic (exact) mass is 194 g/mol. The Kier molecular flexibility index (Phi) is 3.06. The Morgan fingerprint density at radius 3 is 2.79 bits per heavy atom. The molecule has 1 aromatic rings. The molecule has 0 aliphatic heterocycles. The zero-order valence-corrected chi connectivity index (χ0v) is 7.60. The van der Waals surface area contributed by atoms with Gasteiger partial charge in [-0.05, 0) is 12.1 Å². The van der Waals surface area contributed by atoms with Crippen LogP contribution in [0.4, 0.5) is 0 Å². The molecule has 3 N–H and O–H groups in total. The number of oxime groups is 1. The van der Waals surface area contributed by atoms with Crippen molar-refractivity contribution in [3.63, 3.8) is 0 Å². The molecule has 0 unspecified atom stereocenters. The summed E-state index contributed by atoms with van der Waals surface area (Å²) in [6.07, 6.45) is 0. The molecule has 0 bridgehead atoms. The van der Waals surface area contributed by atoms with E-state index in [-0.39, 0.29) is 11.5 Å². The van der Waals surface area contributed by atoms with E-state index in [4.69, 9.17) is 10.8 Å². The zero-order valence-electron chi connectivity index (χ0n) is 7.60. The maximum absolute atomic E-state index is 10.9. The zero-order chi connectivity index (χ0) is 10.6.